The lowest BCUT2D eigenvalue weighted by Crippen LogP contribution is -2.02. The van der Waals surface area contributed by atoms with E-state index in [0.717, 1.165) is 0 Å². The quantitative estimate of drug-likeness (QED) is 0.430. The smallest absolute Gasteiger partial charge is 0.341 e. The molecule has 0 aliphatic rings. The van der Waals surface area contributed by atoms with Gasteiger partial charge < -0.3 is 4.74 Å². The van der Waals surface area contributed by atoms with E-state index in [-0.39, 0.29) is 0 Å². The number of methoxy groups -OCH3 is 1. The normalized spacial score (nSPS) is 10.1. The first-order valence-electron chi connectivity index (χ1n) is 3.80. The molecular formula is C9H8N2O2S. The van der Waals surface area contributed by atoms with E-state index in [2.05, 4.69) is 26.9 Å². The van der Waals surface area contributed by atoms with Crippen molar-refractivity contribution in [2.24, 2.45) is 4.99 Å². The predicted octanol–water partition coefficient (Wildman–Crippen LogP) is 1.57. The van der Waals surface area contributed by atoms with E-state index < -0.39 is 5.97 Å². The molecule has 0 radical (unpaired) electrons. The minimum absolute atomic E-state index is 0.306. The summed E-state index contributed by atoms with van der Waals surface area (Å²) in [5.41, 5.74) is 0.322. The number of carbonyl (C=O) groups is 1. The predicted molar refractivity (Wildman–Crippen MR) is 57.4 cm³/mol. The van der Waals surface area contributed by atoms with Crippen LogP contribution in [0, 0.1) is 0 Å². The highest BCUT2D eigenvalue weighted by molar-refractivity contribution is 7.80. The van der Waals surface area contributed by atoms with E-state index in [9.17, 15) is 4.79 Å². The molecule has 0 aliphatic heterocycles. The van der Waals surface area contributed by atoms with Crippen LogP contribution in [0.2, 0.25) is 0 Å². The molecule has 1 heterocycles. The zero-order valence-electron chi connectivity index (χ0n) is 7.51. The fourth-order valence-corrected chi connectivity index (χ4v) is 0.931. The molecular weight excluding hydrogens is 200 g/mol. The van der Waals surface area contributed by atoms with Gasteiger partial charge in [-0.05, 0) is 12.1 Å². The second-order valence-electron chi connectivity index (χ2n) is 2.28. The molecule has 0 aromatic carbocycles. The van der Waals surface area contributed by atoms with Gasteiger partial charge in [-0.3, -0.25) is 0 Å². The number of pyridine rings is 1. The van der Waals surface area contributed by atoms with Crippen molar-refractivity contribution in [3.8, 4) is 0 Å². The van der Waals surface area contributed by atoms with Crippen LogP contribution >= 0.6 is 12.2 Å². The summed E-state index contributed by atoms with van der Waals surface area (Å²) in [6.45, 7) is 0. The maximum atomic E-state index is 11.2. The Balaban J connectivity index is 3.08. The van der Waals surface area contributed by atoms with Gasteiger partial charge in [0.1, 0.15) is 5.56 Å². The Hall–Kier alpha value is -1.62. The number of rotatable bonds is 3. The highest BCUT2D eigenvalue weighted by atomic mass is 32.1. The van der Waals surface area contributed by atoms with E-state index in [0.29, 0.717) is 11.4 Å². The third kappa shape index (κ3) is 2.43. The summed E-state index contributed by atoms with van der Waals surface area (Å²) in [5.74, 6) is -0.157. The first-order chi connectivity index (χ1) is 6.79. The molecule has 0 fully saturated rings. The van der Waals surface area contributed by atoms with Gasteiger partial charge in [-0.2, -0.15) is 0 Å². The van der Waals surface area contributed by atoms with Crippen LogP contribution in [0.25, 0.3) is 0 Å². The van der Waals surface area contributed by atoms with Crippen molar-refractivity contribution in [3.63, 3.8) is 0 Å². The number of hydrogen-bond donors (Lipinski definition) is 0. The Morgan fingerprint density at radius 1 is 1.71 bits per heavy atom. The lowest BCUT2D eigenvalue weighted by atomic mass is 10.2. The van der Waals surface area contributed by atoms with Crippen molar-refractivity contribution >= 4 is 35.6 Å². The molecule has 0 atom stereocenters. The molecule has 0 spiro atoms. The van der Waals surface area contributed by atoms with Crippen molar-refractivity contribution in [1.82, 2.24) is 4.98 Å². The maximum Gasteiger partial charge on any atom is 0.341 e. The third-order valence-corrected chi connectivity index (χ3v) is 1.57. The van der Waals surface area contributed by atoms with Crippen LogP contribution in [0.3, 0.4) is 0 Å². The molecule has 0 saturated carbocycles. The number of carbonyl (C=O) groups excluding carboxylic acids is 1. The van der Waals surface area contributed by atoms with Crippen LogP contribution in [-0.2, 0) is 4.74 Å². The molecule has 0 amide bonds. The van der Waals surface area contributed by atoms with E-state index in [1.54, 1.807) is 18.3 Å². The Labute approximate surface area is 86.6 Å². The van der Waals surface area contributed by atoms with Crippen LogP contribution < -0.4 is 0 Å². The molecule has 72 valence electrons. The van der Waals surface area contributed by atoms with Crippen LogP contribution in [0.4, 0.5) is 5.82 Å². The summed E-state index contributed by atoms with van der Waals surface area (Å²) in [4.78, 5) is 19.0. The lowest BCUT2D eigenvalue weighted by Gasteiger charge is -2.00. The molecule has 4 nitrogen and oxygen atoms in total. The van der Waals surface area contributed by atoms with Crippen molar-refractivity contribution < 1.29 is 9.53 Å². The van der Waals surface area contributed by atoms with Gasteiger partial charge in [0.15, 0.2) is 5.82 Å². The number of ether oxygens (including phenoxy) is 1. The summed E-state index contributed by atoms with van der Waals surface area (Å²) in [5, 5.41) is 1.34. The summed E-state index contributed by atoms with van der Waals surface area (Å²) in [7, 11) is 1.31. The fraction of sp³-hybridized carbons (Fsp3) is 0.111. The van der Waals surface area contributed by atoms with Gasteiger partial charge in [0.05, 0.1) is 7.11 Å². The average molecular weight is 208 g/mol. The molecule has 1 aromatic heterocycles. The SMILES string of the molecule is COC(=O)c1cccnc1N=CC=S. The standard InChI is InChI=1S/C9H8N2O2S/c1-13-9(12)7-3-2-4-10-8(7)11-5-6-14/h2-6H,1H3. The van der Waals surface area contributed by atoms with Crippen molar-refractivity contribution in [2.45, 2.75) is 0 Å². The molecule has 0 saturated heterocycles. The van der Waals surface area contributed by atoms with Gasteiger partial charge in [-0.25, -0.2) is 14.8 Å². The summed E-state index contributed by atoms with van der Waals surface area (Å²) < 4.78 is 4.57. The molecule has 1 aromatic rings. The van der Waals surface area contributed by atoms with Gasteiger partial charge in [0.2, 0.25) is 0 Å². The Bertz CT molecular complexity index is 377. The summed E-state index contributed by atoms with van der Waals surface area (Å²) >= 11 is 4.57. The fourth-order valence-electron chi connectivity index (χ4n) is 0.870. The minimum atomic E-state index is -0.463. The first-order valence-corrected chi connectivity index (χ1v) is 4.28. The molecule has 0 N–H and O–H groups in total. The maximum absolute atomic E-state index is 11.2. The van der Waals surface area contributed by atoms with E-state index in [1.807, 2.05) is 0 Å². The summed E-state index contributed by atoms with van der Waals surface area (Å²) in [6.07, 6.45) is 2.94. The molecule has 1 rings (SSSR count). The van der Waals surface area contributed by atoms with Crippen LogP contribution in [0.1, 0.15) is 10.4 Å². The van der Waals surface area contributed by atoms with Crippen molar-refractivity contribution in [1.29, 1.82) is 0 Å². The lowest BCUT2D eigenvalue weighted by molar-refractivity contribution is 0.0601. The van der Waals surface area contributed by atoms with E-state index in [1.165, 1.54) is 18.7 Å². The average Bonchev–Trinajstić information content (AvgIpc) is 2.25. The second-order valence-corrected chi connectivity index (χ2v) is 2.55. The summed E-state index contributed by atoms with van der Waals surface area (Å²) in [6, 6.07) is 3.23. The first kappa shape index (κ1) is 10.5. The molecule has 14 heavy (non-hydrogen) atoms. The number of nitrogens with zero attached hydrogens (tertiary/aromatic N) is 2. The highest BCUT2D eigenvalue weighted by Crippen LogP contribution is 2.14. The van der Waals surface area contributed by atoms with Crippen LogP contribution in [0.5, 0.6) is 0 Å². The van der Waals surface area contributed by atoms with Crippen LogP contribution in [-0.4, -0.2) is 29.6 Å². The minimum Gasteiger partial charge on any atom is -0.465 e. The van der Waals surface area contributed by atoms with Gasteiger partial charge in [0, 0.05) is 17.8 Å². The third-order valence-electron chi connectivity index (χ3n) is 1.45. The molecule has 0 bridgehead atoms. The largest absolute Gasteiger partial charge is 0.465 e. The molecule has 0 aliphatic carbocycles. The Kier molecular flexibility index (Phi) is 3.87. The van der Waals surface area contributed by atoms with Gasteiger partial charge in [-0.15, -0.1) is 0 Å². The molecule has 5 heteroatoms. The zero-order valence-corrected chi connectivity index (χ0v) is 8.32. The number of aromatic nitrogens is 1. The van der Waals surface area contributed by atoms with Gasteiger partial charge >= 0.3 is 5.97 Å². The van der Waals surface area contributed by atoms with Crippen molar-refractivity contribution in [3.05, 3.63) is 23.9 Å². The van der Waals surface area contributed by atoms with Gasteiger partial charge in [-0.1, -0.05) is 12.2 Å². The zero-order chi connectivity index (χ0) is 10.4. The topological polar surface area (TPSA) is 51.5 Å². The number of hydrogen-bond acceptors (Lipinski definition) is 5. The number of esters is 1. The van der Waals surface area contributed by atoms with Crippen LogP contribution in [0.15, 0.2) is 23.3 Å². The molecule has 0 unspecified atom stereocenters. The van der Waals surface area contributed by atoms with Crippen molar-refractivity contribution in [2.75, 3.05) is 7.11 Å². The second kappa shape index (κ2) is 5.18. The Morgan fingerprint density at radius 3 is 3.14 bits per heavy atom. The number of thiocarbonyl (C=S) groups is 1. The van der Waals surface area contributed by atoms with Gasteiger partial charge in [0.25, 0.3) is 0 Å². The monoisotopic (exact) mass is 208 g/mol. The Morgan fingerprint density at radius 2 is 2.50 bits per heavy atom. The highest BCUT2D eigenvalue weighted by Gasteiger charge is 2.10. The van der Waals surface area contributed by atoms with E-state index >= 15 is 0 Å². The van der Waals surface area contributed by atoms with E-state index in [4.69, 9.17) is 0 Å². The number of aliphatic imine (C=N–C) groups is 1.